The first-order chi connectivity index (χ1) is 5.79. The maximum Gasteiger partial charge on any atom is 0.315 e. The molecule has 5 heteroatoms. The van der Waals surface area contributed by atoms with Gasteiger partial charge in [0.1, 0.15) is 0 Å². The molecule has 4 nitrogen and oxygen atoms in total. The molecule has 13 heavy (non-hydrogen) atoms. The van der Waals surface area contributed by atoms with Gasteiger partial charge in [-0.05, 0) is 18.8 Å². The number of hydrogen-bond acceptors (Lipinski definition) is 2. The zero-order valence-corrected chi connectivity index (χ0v) is 8.35. The quantitative estimate of drug-likeness (QED) is 0.641. The third-order valence-electron chi connectivity index (χ3n) is 2.73. The standard InChI is InChI=1S/C8H15N3O.ClH/c9-8(12)11-4-3-10-5-7(11)6-1-2-6;/h6-7,10H,1-5H2,(H2,9,12);1H. The van der Waals surface area contributed by atoms with Gasteiger partial charge < -0.3 is 16.0 Å². The second kappa shape index (κ2) is 4.15. The fourth-order valence-electron chi connectivity index (χ4n) is 1.90. The molecule has 2 aliphatic rings. The summed E-state index contributed by atoms with van der Waals surface area (Å²) in [6.07, 6.45) is 2.52. The molecule has 1 unspecified atom stereocenters. The smallest absolute Gasteiger partial charge is 0.315 e. The van der Waals surface area contributed by atoms with Gasteiger partial charge in [-0.25, -0.2) is 4.79 Å². The Labute approximate surface area is 84.2 Å². The van der Waals surface area contributed by atoms with Crippen molar-refractivity contribution >= 4 is 18.4 Å². The number of primary amides is 1. The van der Waals surface area contributed by atoms with Crippen LogP contribution in [0.1, 0.15) is 12.8 Å². The molecule has 1 saturated carbocycles. The van der Waals surface area contributed by atoms with Crippen molar-refractivity contribution in [1.29, 1.82) is 0 Å². The molecule has 0 bridgehead atoms. The lowest BCUT2D eigenvalue weighted by Gasteiger charge is -2.35. The SMILES string of the molecule is Cl.NC(=O)N1CCNCC1C1CC1. The Hall–Kier alpha value is -0.480. The van der Waals surface area contributed by atoms with E-state index in [1.165, 1.54) is 12.8 Å². The number of hydrogen-bond donors (Lipinski definition) is 2. The second-order valence-corrected chi connectivity index (χ2v) is 3.64. The lowest BCUT2D eigenvalue weighted by atomic mass is 10.1. The third-order valence-corrected chi connectivity index (χ3v) is 2.73. The topological polar surface area (TPSA) is 58.4 Å². The number of urea groups is 1. The number of rotatable bonds is 1. The van der Waals surface area contributed by atoms with Gasteiger partial charge in [0.25, 0.3) is 0 Å². The van der Waals surface area contributed by atoms with E-state index >= 15 is 0 Å². The van der Waals surface area contributed by atoms with Crippen molar-refractivity contribution in [1.82, 2.24) is 10.2 Å². The summed E-state index contributed by atoms with van der Waals surface area (Å²) in [6.45, 7) is 2.58. The fraction of sp³-hybridized carbons (Fsp3) is 0.875. The van der Waals surface area contributed by atoms with Gasteiger partial charge in [0.2, 0.25) is 0 Å². The van der Waals surface area contributed by atoms with Gasteiger partial charge in [-0.15, -0.1) is 12.4 Å². The van der Waals surface area contributed by atoms with E-state index in [9.17, 15) is 4.79 Å². The minimum atomic E-state index is -0.256. The zero-order valence-electron chi connectivity index (χ0n) is 7.53. The first-order valence-corrected chi connectivity index (χ1v) is 4.56. The van der Waals surface area contributed by atoms with E-state index in [4.69, 9.17) is 5.73 Å². The molecule has 1 atom stereocenters. The maximum atomic E-state index is 11.0. The molecule has 0 aromatic rings. The Morgan fingerprint density at radius 3 is 2.69 bits per heavy atom. The molecule has 76 valence electrons. The normalized spacial score (nSPS) is 28.0. The highest BCUT2D eigenvalue weighted by atomic mass is 35.5. The predicted octanol–water partition coefficient (Wildman–Crippen LogP) is 0.171. The highest BCUT2D eigenvalue weighted by molar-refractivity contribution is 5.85. The zero-order chi connectivity index (χ0) is 8.55. The van der Waals surface area contributed by atoms with Crippen molar-refractivity contribution in [3.63, 3.8) is 0 Å². The van der Waals surface area contributed by atoms with Gasteiger partial charge in [0.05, 0.1) is 0 Å². The van der Waals surface area contributed by atoms with Gasteiger partial charge in [-0.2, -0.15) is 0 Å². The Morgan fingerprint density at radius 2 is 2.15 bits per heavy atom. The van der Waals surface area contributed by atoms with E-state index in [1.807, 2.05) is 4.90 Å². The molecule has 1 heterocycles. The summed E-state index contributed by atoms with van der Waals surface area (Å²) >= 11 is 0. The van der Waals surface area contributed by atoms with E-state index in [2.05, 4.69) is 5.32 Å². The van der Waals surface area contributed by atoms with Gasteiger partial charge >= 0.3 is 6.03 Å². The van der Waals surface area contributed by atoms with Crippen LogP contribution in [0.2, 0.25) is 0 Å². The van der Waals surface area contributed by atoms with Crippen molar-refractivity contribution in [3.8, 4) is 0 Å². The predicted molar refractivity (Wildman–Crippen MR) is 52.9 cm³/mol. The molecule has 0 aromatic carbocycles. The van der Waals surface area contributed by atoms with Crippen LogP contribution in [0.5, 0.6) is 0 Å². The van der Waals surface area contributed by atoms with E-state index in [0.29, 0.717) is 12.0 Å². The minimum absolute atomic E-state index is 0. The number of carbonyl (C=O) groups excluding carboxylic acids is 1. The van der Waals surface area contributed by atoms with Gasteiger partial charge in [-0.3, -0.25) is 0 Å². The van der Waals surface area contributed by atoms with Gasteiger partial charge in [-0.1, -0.05) is 0 Å². The van der Waals surface area contributed by atoms with E-state index in [1.54, 1.807) is 0 Å². The molecule has 3 N–H and O–H groups in total. The van der Waals surface area contributed by atoms with Crippen LogP contribution in [-0.2, 0) is 0 Å². The average molecular weight is 206 g/mol. The van der Waals surface area contributed by atoms with Crippen LogP contribution in [-0.4, -0.2) is 36.6 Å². The summed E-state index contributed by atoms with van der Waals surface area (Å²) in [7, 11) is 0. The first kappa shape index (κ1) is 10.6. The molecule has 0 radical (unpaired) electrons. The lowest BCUT2D eigenvalue weighted by molar-refractivity contribution is 0.156. The van der Waals surface area contributed by atoms with Gasteiger partial charge in [0.15, 0.2) is 0 Å². The lowest BCUT2D eigenvalue weighted by Crippen LogP contribution is -2.56. The Morgan fingerprint density at radius 1 is 1.46 bits per heavy atom. The molecule has 2 rings (SSSR count). The number of halogens is 1. The number of carbonyl (C=O) groups is 1. The van der Waals surface area contributed by atoms with Crippen LogP contribution < -0.4 is 11.1 Å². The van der Waals surface area contributed by atoms with Gasteiger partial charge in [0, 0.05) is 25.7 Å². The first-order valence-electron chi connectivity index (χ1n) is 4.56. The largest absolute Gasteiger partial charge is 0.351 e. The molecule has 2 amide bonds. The van der Waals surface area contributed by atoms with Crippen molar-refractivity contribution in [2.24, 2.45) is 11.7 Å². The van der Waals surface area contributed by atoms with E-state index in [-0.39, 0.29) is 18.4 Å². The fourth-order valence-corrected chi connectivity index (χ4v) is 1.90. The van der Waals surface area contributed by atoms with Crippen molar-refractivity contribution in [3.05, 3.63) is 0 Å². The maximum absolute atomic E-state index is 11.0. The minimum Gasteiger partial charge on any atom is -0.351 e. The molecule has 2 fully saturated rings. The van der Waals surface area contributed by atoms with Crippen LogP contribution in [0.25, 0.3) is 0 Å². The molecular weight excluding hydrogens is 190 g/mol. The number of nitrogens with zero attached hydrogens (tertiary/aromatic N) is 1. The highest BCUT2D eigenvalue weighted by Crippen LogP contribution is 2.35. The summed E-state index contributed by atoms with van der Waals surface area (Å²) in [5, 5.41) is 3.29. The summed E-state index contributed by atoms with van der Waals surface area (Å²) in [5.41, 5.74) is 5.28. The molecule has 0 spiro atoms. The van der Waals surface area contributed by atoms with Crippen LogP contribution in [0.15, 0.2) is 0 Å². The van der Waals surface area contributed by atoms with E-state index < -0.39 is 0 Å². The number of piperazine rings is 1. The molecule has 1 aliphatic carbocycles. The average Bonchev–Trinajstić information content (AvgIpc) is 2.87. The van der Waals surface area contributed by atoms with Crippen molar-refractivity contribution < 1.29 is 4.79 Å². The molecule has 0 aromatic heterocycles. The summed E-state index contributed by atoms with van der Waals surface area (Å²) < 4.78 is 0. The summed E-state index contributed by atoms with van der Waals surface area (Å²) in [4.78, 5) is 12.8. The Kier molecular flexibility index (Phi) is 3.39. The van der Waals surface area contributed by atoms with Crippen molar-refractivity contribution in [2.75, 3.05) is 19.6 Å². The van der Waals surface area contributed by atoms with Crippen LogP contribution >= 0.6 is 12.4 Å². The van der Waals surface area contributed by atoms with Crippen molar-refractivity contribution in [2.45, 2.75) is 18.9 Å². The Balaban J connectivity index is 0.000000845. The number of nitrogens with one attached hydrogen (secondary N) is 1. The summed E-state index contributed by atoms with van der Waals surface area (Å²) in [5.74, 6) is 0.713. The van der Waals surface area contributed by atoms with Crippen LogP contribution in [0, 0.1) is 5.92 Å². The summed E-state index contributed by atoms with van der Waals surface area (Å²) in [6, 6.07) is 0.115. The second-order valence-electron chi connectivity index (χ2n) is 3.64. The molecular formula is C8H16ClN3O. The third kappa shape index (κ3) is 2.25. The number of nitrogens with two attached hydrogens (primary N) is 1. The Bertz CT molecular complexity index is 196. The van der Waals surface area contributed by atoms with E-state index in [0.717, 1.165) is 19.6 Å². The monoisotopic (exact) mass is 205 g/mol. The molecule has 1 saturated heterocycles. The molecule has 1 aliphatic heterocycles. The van der Waals surface area contributed by atoms with Crippen LogP contribution in [0.4, 0.5) is 4.79 Å². The number of amides is 2. The van der Waals surface area contributed by atoms with Crippen LogP contribution in [0.3, 0.4) is 0 Å². The highest BCUT2D eigenvalue weighted by Gasteiger charge is 2.37.